The molecule has 21 heavy (non-hydrogen) atoms. The van der Waals surface area contributed by atoms with E-state index in [1.165, 1.54) is 4.90 Å². The lowest BCUT2D eigenvalue weighted by molar-refractivity contribution is -0.116. The molecule has 0 aromatic carbocycles. The molecule has 0 radical (unpaired) electrons. The van der Waals surface area contributed by atoms with Crippen molar-refractivity contribution < 1.29 is 14.7 Å². The van der Waals surface area contributed by atoms with Crippen LogP contribution in [0.3, 0.4) is 0 Å². The predicted octanol–water partition coefficient (Wildman–Crippen LogP) is 1.47. The standard InChI is InChI=1S/C13H17BrN4O3/c14-10-1-3-15-11(9-10)16-12(19)2-4-17-5-7-18(8-6-17)13(20)21/h1,3,9H,2,4-8H2,(H,20,21)(H,15,16,19). The van der Waals surface area contributed by atoms with E-state index in [0.717, 1.165) is 4.47 Å². The number of amides is 2. The van der Waals surface area contributed by atoms with Gasteiger partial charge in [-0.3, -0.25) is 9.69 Å². The summed E-state index contributed by atoms with van der Waals surface area (Å²) in [6.07, 6.45) is 1.10. The summed E-state index contributed by atoms with van der Waals surface area (Å²) < 4.78 is 0.859. The van der Waals surface area contributed by atoms with Gasteiger partial charge in [0.25, 0.3) is 0 Å². The number of nitrogens with one attached hydrogen (secondary N) is 1. The molecule has 1 saturated heterocycles. The number of halogens is 1. The highest BCUT2D eigenvalue weighted by Crippen LogP contribution is 2.13. The van der Waals surface area contributed by atoms with Gasteiger partial charge in [0, 0.05) is 49.8 Å². The van der Waals surface area contributed by atoms with Gasteiger partial charge in [0.15, 0.2) is 0 Å². The molecule has 2 heterocycles. The Morgan fingerprint density at radius 1 is 1.33 bits per heavy atom. The fourth-order valence-corrected chi connectivity index (χ4v) is 2.44. The van der Waals surface area contributed by atoms with Crippen molar-refractivity contribution in [3.63, 3.8) is 0 Å². The molecule has 1 aromatic rings. The van der Waals surface area contributed by atoms with Gasteiger partial charge in [-0.1, -0.05) is 15.9 Å². The Balaban J connectivity index is 1.71. The van der Waals surface area contributed by atoms with E-state index in [2.05, 4.69) is 31.1 Å². The number of hydrogen-bond donors (Lipinski definition) is 2. The van der Waals surface area contributed by atoms with Gasteiger partial charge in [0.2, 0.25) is 5.91 Å². The summed E-state index contributed by atoms with van der Waals surface area (Å²) in [5, 5.41) is 11.6. The molecule has 8 heteroatoms. The first-order valence-corrected chi connectivity index (χ1v) is 7.45. The molecule has 0 aliphatic carbocycles. The molecule has 0 atom stereocenters. The normalized spacial score (nSPS) is 15.8. The van der Waals surface area contributed by atoms with Crippen LogP contribution < -0.4 is 5.32 Å². The molecule has 0 unspecified atom stereocenters. The Kier molecular flexibility index (Phi) is 5.51. The van der Waals surface area contributed by atoms with E-state index in [-0.39, 0.29) is 5.91 Å². The van der Waals surface area contributed by atoms with Crippen LogP contribution in [0.4, 0.5) is 10.6 Å². The average Bonchev–Trinajstić information content (AvgIpc) is 2.45. The number of piperazine rings is 1. The van der Waals surface area contributed by atoms with Crippen LogP contribution in [0.25, 0.3) is 0 Å². The molecule has 0 saturated carbocycles. The van der Waals surface area contributed by atoms with Crippen molar-refractivity contribution in [2.24, 2.45) is 0 Å². The van der Waals surface area contributed by atoms with Gasteiger partial charge < -0.3 is 15.3 Å². The lowest BCUT2D eigenvalue weighted by Crippen LogP contribution is -2.48. The van der Waals surface area contributed by atoms with Gasteiger partial charge in [-0.15, -0.1) is 0 Å². The highest BCUT2D eigenvalue weighted by atomic mass is 79.9. The molecule has 1 aliphatic rings. The minimum atomic E-state index is -0.881. The third kappa shape index (κ3) is 4.98. The van der Waals surface area contributed by atoms with E-state index in [4.69, 9.17) is 5.11 Å². The summed E-state index contributed by atoms with van der Waals surface area (Å²) in [6.45, 7) is 2.92. The van der Waals surface area contributed by atoms with E-state index >= 15 is 0 Å². The van der Waals surface area contributed by atoms with E-state index in [0.29, 0.717) is 45.0 Å². The molecule has 7 nitrogen and oxygen atoms in total. The summed E-state index contributed by atoms with van der Waals surface area (Å²) in [4.78, 5) is 30.2. The number of aromatic nitrogens is 1. The summed E-state index contributed by atoms with van der Waals surface area (Å²) in [5.41, 5.74) is 0. The van der Waals surface area contributed by atoms with Gasteiger partial charge >= 0.3 is 6.09 Å². The quantitative estimate of drug-likeness (QED) is 0.852. The van der Waals surface area contributed by atoms with Crippen LogP contribution in [-0.2, 0) is 4.79 Å². The van der Waals surface area contributed by atoms with Crippen molar-refractivity contribution in [1.29, 1.82) is 0 Å². The topological polar surface area (TPSA) is 85.8 Å². The fourth-order valence-electron chi connectivity index (χ4n) is 2.10. The number of pyridine rings is 1. The second-order valence-electron chi connectivity index (χ2n) is 4.77. The Morgan fingerprint density at radius 2 is 2.05 bits per heavy atom. The van der Waals surface area contributed by atoms with Crippen molar-refractivity contribution in [2.45, 2.75) is 6.42 Å². The highest BCUT2D eigenvalue weighted by molar-refractivity contribution is 9.10. The zero-order chi connectivity index (χ0) is 15.2. The van der Waals surface area contributed by atoms with Crippen LogP contribution in [0.5, 0.6) is 0 Å². The maximum atomic E-state index is 11.8. The summed E-state index contributed by atoms with van der Waals surface area (Å²) >= 11 is 3.32. The monoisotopic (exact) mass is 356 g/mol. The Bertz CT molecular complexity index is 518. The van der Waals surface area contributed by atoms with E-state index in [1.54, 1.807) is 18.3 Å². The lowest BCUT2D eigenvalue weighted by Gasteiger charge is -2.32. The third-order valence-corrected chi connectivity index (χ3v) is 3.78. The third-order valence-electron chi connectivity index (χ3n) is 3.29. The van der Waals surface area contributed by atoms with Crippen LogP contribution in [-0.4, -0.2) is 64.6 Å². The van der Waals surface area contributed by atoms with E-state index in [9.17, 15) is 9.59 Å². The molecular weight excluding hydrogens is 340 g/mol. The Morgan fingerprint density at radius 3 is 2.67 bits per heavy atom. The number of carbonyl (C=O) groups excluding carboxylic acids is 1. The SMILES string of the molecule is O=C(CCN1CCN(C(=O)O)CC1)Nc1cc(Br)ccn1. The van der Waals surface area contributed by atoms with Crippen molar-refractivity contribution >= 4 is 33.7 Å². The Labute approximate surface area is 131 Å². The van der Waals surface area contributed by atoms with Crippen molar-refractivity contribution in [3.8, 4) is 0 Å². The molecule has 2 rings (SSSR count). The van der Waals surface area contributed by atoms with Gasteiger partial charge in [0.1, 0.15) is 5.82 Å². The first-order chi connectivity index (χ1) is 10.0. The van der Waals surface area contributed by atoms with Gasteiger partial charge in [-0.05, 0) is 12.1 Å². The Hall–Kier alpha value is -1.67. The van der Waals surface area contributed by atoms with Crippen LogP contribution in [0.2, 0.25) is 0 Å². The van der Waals surface area contributed by atoms with Gasteiger partial charge in [-0.25, -0.2) is 9.78 Å². The zero-order valence-electron chi connectivity index (χ0n) is 11.5. The fraction of sp³-hybridized carbons (Fsp3) is 0.462. The molecule has 1 fully saturated rings. The lowest BCUT2D eigenvalue weighted by atomic mass is 10.3. The van der Waals surface area contributed by atoms with Crippen LogP contribution in [0, 0.1) is 0 Å². The smallest absolute Gasteiger partial charge is 0.407 e. The van der Waals surface area contributed by atoms with Crippen molar-refractivity contribution in [2.75, 3.05) is 38.0 Å². The maximum Gasteiger partial charge on any atom is 0.407 e. The second kappa shape index (κ2) is 7.37. The van der Waals surface area contributed by atoms with Crippen molar-refractivity contribution in [1.82, 2.24) is 14.8 Å². The van der Waals surface area contributed by atoms with Gasteiger partial charge in [0.05, 0.1) is 0 Å². The summed E-state index contributed by atoms with van der Waals surface area (Å²) in [5.74, 6) is 0.423. The molecular formula is C13H17BrN4O3. The van der Waals surface area contributed by atoms with Crippen LogP contribution >= 0.6 is 15.9 Å². The first-order valence-electron chi connectivity index (χ1n) is 6.66. The molecule has 0 spiro atoms. The number of carboxylic acid groups (broad SMARTS) is 1. The zero-order valence-corrected chi connectivity index (χ0v) is 13.0. The van der Waals surface area contributed by atoms with Crippen LogP contribution in [0.1, 0.15) is 6.42 Å². The number of rotatable bonds is 4. The number of anilines is 1. The predicted molar refractivity (Wildman–Crippen MR) is 81.2 cm³/mol. The number of carbonyl (C=O) groups is 2. The second-order valence-corrected chi connectivity index (χ2v) is 5.68. The van der Waals surface area contributed by atoms with Crippen LogP contribution in [0.15, 0.2) is 22.8 Å². The average molecular weight is 357 g/mol. The molecule has 1 aromatic heterocycles. The first kappa shape index (κ1) is 15.7. The van der Waals surface area contributed by atoms with E-state index in [1.807, 2.05) is 0 Å². The molecule has 114 valence electrons. The largest absolute Gasteiger partial charge is 0.465 e. The minimum absolute atomic E-state index is 0.0961. The molecule has 1 aliphatic heterocycles. The van der Waals surface area contributed by atoms with E-state index < -0.39 is 6.09 Å². The van der Waals surface area contributed by atoms with Gasteiger partial charge in [-0.2, -0.15) is 0 Å². The highest BCUT2D eigenvalue weighted by Gasteiger charge is 2.20. The van der Waals surface area contributed by atoms with Crippen molar-refractivity contribution in [3.05, 3.63) is 22.8 Å². The molecule has 2 amide bonds. The number of nitrogens with zero attached hydrogens (tertiary/aromatic N) is 3. The molecule has 0 bridgehead atoms. The maximum absolute atomic E-state index is 11.8. The summed E-state index contributed by atoms with van der Waals surface area (Å²) in [7, 11) is 0. The number of hydrogen-bond acceptors (Lipinski definition) is 4. The molecule has 2 N–H and O–H groups in total. The summed E-state index contributed by atoms with van der Waals surface area (Å²) in [6, 6.07) is 3.53. The minimum Gasteiger partial charge on any atom is -0.465 e.